The molecule has 0 aromatic carbocycles. The fourth-order valence-corrected chi connectivity index (χ4v) is 11.6. The average Bonchev–Trinajstić information content (AvgIpc) is 2.88. The van der Waals surface area contributed by atoms with E-state index in [2.05, 4.69) is 0 Å². The second-order valence-corrected chi connectivity index (χ2v) is 22.5. The van der Waals surface area contributed by atoms with E-state index in [4.69, 9.17) is 75.8 Å². The molecule has 5 aliphatic heterocycles. The molecule has 0 saturated carbocycles. The molecule has 0 aromatic rings. The predicted molar refractivity (Wildman–Crippen MR) is 286 cm³/mol. The Bertz CT molecular complexity index is 2250. The number of allylic oxidation sites excluding steroid dienone is 3. The normalized spacial score (nSPS) is 39.1. The first-order valence-electron chi connectivity index (χ1n) is 28.3. The number of likely N-dealkylation sites (N-methyl/N-ethyl adjacent to an activating group) is 1. The zero-order valence-electron chi connectivity index (χ0n) is 50.7. The highest BCUT2D eigenvalue weighted by Crippen LogP contribution is 2.40. The lowest BCUT2D eigenvalue weighted by Crippen LogP contribution is -2.68. The van der Waals surface area contributed by atoms with E-state index in [0.717, 1.165) is 27.7 Å². The van der Waals surface area contributed by atoms with Gasteiger partial charge in [-0.1, -0.05) is 38.5 Å². The lowest BCUT2D eigenvalue weighted by molar-refractivity contribution is -0.878. The summed E-state index contributed by atoms with van der Waals surface area (Å²) in [5, 5.41) is 25.5. The van der Waals surface area contributed by atoms with Crippen molar-refractivity contribution < 1.29 is 119 Å². The van der Waals surface area contributed by atoms with Crippen LogP contribution >= 0.6 is 0 Å². The molecular formula is C57H89NO25. The van der Waals surface area contributed by atoms with E-state index in [9.17, 15) is 39.1 Å². The van der Waals surface area contributed by atoms with Crippen molar-refractivity contribution in [3.63, 3.8) is 0 Å². The van der Waals surface area contributed by atoms with Gasteiger partial charge in [0, 0.05) is 73.0 Å². The number of hydroxylamine groups is 3. The fourth-order valence-electron chi connectivity index (χ4n) is 11.6. The number of carbonyl (C=O) groups is 7. The van der Waals surface area contributed by atoms with Crippen LogP contribution in [0.1, 0.15) is 109 Å². The molecule has 5 heterocycles. The molecule has 5 rings (SSSR count). The number of aliphatic hydroxyl groups excluding tert-OH is 1. The van der Waals surface area contributed by atoms with Gasteiger partial charge >= 0.3 is 35.8 Å². The Morgan fingerprint density at radius 3 is 1.71 bits per heavy atom. The van der Waals surface area contributed by atoms with Gasteiger partial charge in [-0.3, -0.25) is 33.6 Å². The molecule has 0 radical (unpaired) electrons. The number of ether oxygens (including phenoxy) is 16. The van der Waals surface area contributed by atoms with Crippen molar-refractivity contribution in [3.8, 4) is 0 Å². The highest BCUT2D eigenvalue weighted by Gasteiger charge is 2.56. The summed E-state index contributed by atoms with van der Waals surface area (Å²) in [6.45, 7) is 17.8. The molecule has 4 saturated heterocycles. The SMILES string of the molecule is CC[C@H]1OC(=O)C[C@@H](O[C@@H]2O[C@@H](C)[C@H](OC(C)=O)[C@@H](OC(C)=O)[C@H]2OC(C)=O)[C@H](C)[C@@H](O[C@@H]2O[C@H](C)[C@@H](O)[C@H]([N+](C)(C)[O-])[C@H]2OC(C)=O)C(CC2OCCO2)C[C@@H](C)C(=O)/C=C/C(C)=C/[C@@H]1CO[C@@H]1O[C@H](C)[C@@H](OC(C)=O)[C@@H](OC)[C@H]1OC. The van der Waals surface area contributed by atoms with Crippen LogP contribution in [0.15, 0.2) is 23.8 Å². The zero-order chi connectivity index (χ0) is 61.8. The Hall–Kier alpha value is -4.55. The van der Waals surface area contributed by atoms with Gasteiger partial charge in [-0.15, -0.1) is 0 Å². The average molecular weight is 1190 g/mol. The maximum Gasteiger partial charge on any atom is 0.308 e. The molecule has 0 amide bonds. The molecule has 4 fully saturated rings. The van der Waals surface area contributed by atoms with Crippen LogP contribution in [0.4, 0.5) is 0 Å². The number of esters is 6. The number of carbonyl (C=O) groups excluding carboxylic acids is 7. The van der Waals surface area contributed by atoms with Crippen molar-refractivity contribution in [2.75, 3.05) is 48.1 Å². The number of nitrogens with zero attached hydrogens (tertiary/aromatic N) is 1. The summed E-state index contributed by atoms with van der Waals surface area (Å²) in [5.74, 6) is -8.36. The highest BCUT2D eigenvalue weighted by atomic mass is 16.8. The van der Waals surface area contributed by atoms with Gasteiger partial charge in [0.05, 0.1) is 70.9 Å². The Labute approximate surface area is 485 Å². The molecule has 83 heavy (non-hydrogen) atoms. The molecule has 1 N–H and O–H groups in total. The molecular weight excluding hydrogens is 1100 g/mol. The van der Waals surface area contributed by atoms with Crippen molar-refractivity contribution in [2.45, 2.75) is 225 Å². The fraction of sp³-hybridized carbons (Fsp3) is 0.807. The number of ketones is 1. The number of rotatable bonds is 18. The number of aliphatic hydroxyl groups is 1. The third-order valence-electron chi connectivity index (χ3n) is 15.5. The first-order chi connectivity index (χ1) is 39.0. The first-order valence-corrected chi connectivity index (χ1v) is 28.3. The zero-order valence-corrected chi connectivity index (χ0v) is 50.7. The maximum atomic E-state index is 15.1. The van der Waals surface area contributed by atoms with Gasteiger partial charge in [-0.25, -0.2) is 0 Å². The van der Waals surface area contributed by atoms with Gasteiger partial charge in [-0.05, 0) is 52.5 Å². The molecule has 472 valence electrons. The summed E-state index contributed by atoms with van der Waals surface area (Å²) in [4.78, 5) is 92.9. The van der Waals surface area contributed by atoms with Gasteiger partial charge in [0.25, 0.3) is 0 Å². The van der Waals surface area contributed by atoms with E-state index in [1.807, 2.05) is 0 Å². The second-order valence-electron chi connectivity index (χ2n) is 22.5. The number of methoxy groups -OCH3 is 2. The van der Waals surface area contributed by atoms with E-state index in [-0.39, 0.29) is 44.9 Å². The van der Waals surface area contributed by atoms with Crippen LogP contribution in [0.25, 0.3) is 0 Å². The topological polar surface area (TPSA) is 310 Å². The third-order valence-corrected chi connectivity index (χ3v) is 15.5. The molecule has 22 atom stereocenters. The minimum atomic E-state index is -1.68. The number of cyclic esters (lactones) is 1. The minimum absolute atomic E-state index is 0.0538. The standard InChI is InChI=1S/C57H89NO25/c1-17-41-39(26-72-55-53(69-16)51(68-15)48(31(6)74-55)76-33(8)59)22-27(2)18-19-40(64)28(3)23-38(24-44-70-20-21-71-44)47(83-56-50(78-35(10)61)45(58(13,14)67)46(66)30(5)73-56)29(4)42(25-43(65)81-41)82-57-54(80-37(12)63)52(79-36(11)62)49(32(7)75-57)77-34(9)60/h18-19,22,28-32,38-39,41-42,44-57,66H,17,20-21,23-26H2,1-16H3/b19-18+,27-22+/t28-,29+,30-,31-,32+,38?,39-,41-,42-,45+,46-,47-,48-,49+,50-,51-,52-,53-,54-,55-,56+,57+/m1/s1. The van der Waals surface area contributed by atoms with Crippen LogP contribution < -0.4 is 0 Å². The van der Waals surface area contributed by atoms with Crippen molar-refractivity contribution in [1.29, 1.82) is 0 Å². The van der Waals surface area contributed by atoms with Crippen LogP contribution in [0.3, 0.4) is 0 Å². The molecule has 0 aromatic heterocycles. The van der Waals surface area contributed by atoms with Crippen LogP contribution in [0, 0.1) is 28.9 Å². The lowest BCUT2D eigenvalue weighted by Gasteiger charge is -2.52. The largest absolute Gasteiger partial charge is 0.633 e. The molecule has 26 heteroatoms. The predicted octanol–water partition coefficient (Wildman–Crippen LogP) is 3.45. The lowest BCUT2D eigenvalue weighted by atomic mass is 9.79. The van der Waals surface area contributed by atoms with Gasteiger partial charge < -0.3 is 90.7 Å². The van der Waals surface area contributed by atoms with Crippen molar-refractivity contribution in [1.82, 2.24) is 0 Å². The van der Waals surface area contributed by atoms with Gasteiger partial charge in [0.15, 0.2) is 55.1 Å². The summed E-state index contributed by atoms with van der Waals surface area (Å²) in [5.41, 5.74) is 0.595. The third kappa shape index (κ3) is 19.0. The monoisotopic (exact) mass is 1190 g/mol. The minimum Gasteiger partial charge on any atom is -0.633 e. The second kappa shape index (κ2) is 31.2. The van der Waals surface area contributed by atoms with E-state index in [1.54, 1.807) is 46.8 Å². The smallest absolute Gasteiger partial charge is 0.308 e. The van der Waals surface area contributed by atoms with Crippen molar-refractivity contribution >= 4 is 41.6 Å². The van der Waals surface area contributed by atoms with Gasteiger partial charge in [0.2, 0.25) is 12.4 Å². The van der Waals surface area contributed by atoms with Crippen molar-refractivity contribution in [3.05, 3.63) is 29.0 Å². The molecule has 0 aliphatic carbocycles. The molecule has 0 spiro atoms. The van der Waals surface area contributed by atoms with Crippen LogP contribution in [-0.2, 0) is 109 Å². The van der Waals surface area contributed by atoms with Gasteiger partial charge in [0.1, 0.15) is 24.4 Å². The van der Waals surface area contributed by atoms with Gasteiger partial charge in [-0.2, -0.15) is 0 Å². The number of hydrogen-bond donors (Lipinski definition) is 1. The quantitative estimate of drug-likeness (QED) is 0.0889. The van der Waals surface area contributed by atoms with E-state index in [0.29, 0.717) is 5.57 Å². The number of hydrogen-bond acceptors (Lipinski definition) is 25. The molecule has 26 nitrogen and oxygen atoms in total. The Balaban J connectivity index is 1.70. The summed E-state index contributed by atoms with van der Waals surface area (Å²) in [7, 11) is 5.42. The van der Waals surface area contributed by atoms with Crippen molar-refractivity contribution in [2.24, 2.45) is 23.7 Å². The van der Waals surface area contributed by atoms with Crippen LogP contribution in [0.5, 0.6) is 0 Å². The first kappa shape index (κ1) is 69.2. The number of quaternary nitrogens is 1. The van der Waals surface area contributed by atoms with E-state index >= 15 is 4.79 Å². The van der Waals surface area contributed by atoms with Crippen LogP contribution in [0.2, 0.25) is 0 Å². The molecule has 0 bridgehead atoms. The van der Waals surface area contributed by atoms with E-state index in [1.165, 1.54) is 55.2 Å². The molecule has 1 unspecified atom stereocenters. The highest BCUT2D eigenvalue weighted by molar-refractivity contribution is 5.91. The summed E-state index contributed by atoms with van der Waals surface area (Å²) >= 11 is 0. The molecule has 5 aliphatic rings. The van der Waals surface area contributed by atoms with E-state index < -0.39 is 187 Å². The Morgan fingerprint density at radius 1 is 0.663 bits per heavy atom. The summed E-state index contributed by atoms with van der Waals surface area (Å²) < 4.78 is 96.7. The summed E-state index contributed by atoms with van der Waals surface area (Å²) in [6.07, 6.45) is -17.2. The summed E-state index contributed by atoms with van der Waals surface area (Å²) in [6, 6.07) is -1.36. The Kier molecular flexibility index (Phi) is 26.0. The maximum absolute atomic E-state index is 15.1. The Morgan fingerprint density at radius 2 is 1.17 bits per heavy atom. The van der Waals surface area contributed by atoms with Crippen LogP contribution in [-0.4, -0.2) is 216 Å².